The van der Waals surface area contributed by atoms with Crippen LogP contribution in [0.25, 0.3) is 5.57 Å². The maximum atomic E-state index is 10.3. The maximum absolute atomic E-state index is 10.3. The molecule has 0 spiro atoms. The smallest absolute Gasteiger partial charge is 0.102 e. The van der Waals surface area contributed by atoms with Crippen LogP contribution in [0.4, 0.5) is 0 Å². The molecule has 98 valence electrons. The minimum absolute atomic E-state index is 0.301. The van der Waals surface area contributed by atoms with Crippen molar-refractivity contribution in [3.63, 3.8) is 0 Å². The van der Waals surface area contributed by atoms with Gasteiger partial charge in [-0.3, -0.25) is 4.31 Å². The van der Waals surface area contributed by atoms with Crippen molar-refractivity contribution in [3.8, 4) is 0 Å². The SMILES string of the molecule is CCC(O)S1(N(C)C)C=CC(c2ccccc2)=C1. The van der Waals surface area contributed by atoms with E-state index in [1.165, 1.54) is 11.1 Å². The molecule has 3 heteroatoms. The first-order valence-corrected chi connectivity index (χ1v) is 8.01. The van der Waals surface area contributed by atoms with E-state index in [2.05, 4.69) is 33.3 Å². The highest BCUT2D eigenvalue weighted by molar-refractivity contribution is 8.37. The van der Waals surface area contributed by atoms with E-state index < -0.39 is 10.2 Å². The van der Waals surface area contributed by atoms with Crippen LogP contribution in [0.3, 0.4) is 0 Å². The average molecular weight is 263 g/mol. The lowest BCUT2D eigenvalue weighted by molar-refractivity contribution is 0.251. The van der Waals surface area contributed by atoms with Gasteiger partial charge in [-0.15, -0.1) is 10.2 Å². The topological polar surface area (TPSA) is 23.5 Å². The second-order valence-corrected chi connectivity index (χ2v) is 7.87. The molecule has 2 atom stereocenters. The summed E-state index contributed by atoms with van der Waals surface area (Å²) in [5.41, 5.74) is 2.13. The highest BCUT2D eigenvalue weighted by Gasteiger charge is 2.32. The zero-order valence-corrected chi connectivity index (χ0v) is 12.0. The Balaban J connectivity index is 2.39. The molecule has 2 rings (SSSR count). The Morgan fingerprint density at radius 2 is 1.89 bits per heavy atom. The molecule has 0 amide bonds. The number of aliphatic hydroxyl groups is 1. The van der Waals surface area contributed by atoms with Gasteiger partial charge in [0, 0.05) is 0 Å². The van der Waals surface area contributed by atoms with Gasteiger partial charge in [-0.05, 0) is 48.5 Å². The molecular formula is C15H21NOS. The minimum Gasteiger partial charge on any atom is -0.382 e. The lowest BCUT2D eigenvalue weighted by Gasteiger charge is -2.42. The van der Waals surface area contributed by atoms with Gasteiger partial charge in [0.05, 0.1) is 0 Å². The molecule has 1 aromatic rings. The van der Waals surface area contributed by atoms with E-state index in [0.717, 1.165) is 6.42 Å². The summed E-state index contributed by atoms with van der Waals surface area (Å²) in [6.45, 7) is 2.03. The van der Waals surface area contributed by atoms with Gasteiger partial charge < -0.3 is 5.11 Å². The van der Waals surface area contributed by atoms with Crippen LogP contribution in [0.1, 0.15) is 18.9 Å². The predicted octanol–water partition coefficient (Wildman–Crippen LogP) is 3.56. The van der Waals surface area contributed by atoms with Crippen LogP contribution in [-0.2, 0) is 0 Å². The van der Waals surface area contributed by atoms with E-state index in [9.17, 15) is 5.11 Å². The molecule has 0 radical (unpaired) electrons. The summed E-state index contributed by atoms with van der Waals surface area (Å²) in [6, 6.07) is 10.3. The third-order valence-corrected chi connectivity index (χ3v) is 6.98. The second-order valence-electron chi connectivity index (χ2n) is 4.64. The summed E-state index contributed by atoms with van der Waals surface area (Å²) in [4.78, 5) is 0. The molecule has 1 heterocycles. The first-order chi connectivity index (χ1) is 8.60. The van der Waals surface area contributed by atoms with E-state index in [1.54, 1.807) is 0 Å². The molecule has 0 bridgehead atoms. The van der Waals surface area contributed by atoms with Gasteiger partial charge >= 0.3 is 0 Å². The summed E-state index contributed by atoms with van der Waals surface area (Å²) in [7, 11) is 2.73. The van der Waals surface area contributed by atoms with Gasteiger partial charge in [0.25, 0.3) is 0 Å². The van der Waals surface area contributed by atoms with Crippen LogP contribution >= 0.6 is 10.2 Å². The third kappa shape index (κ3) is 2.26. The Hall–Kier alpha value is -1.03. The van der Waals surface area contributed by atoms with Crippen LogP contribution in [0.2, 0.25) is 0 Å². The van der Waals surface area contributed by atoms with Crippen molar-refractivity contribution in [2.45, 2.75) is 18.8 Å². The molecule has 1 N–H and O–H groups in total. The zero-order valence-electron chi connectivity index (χ0n) is 11.2. The standard InChI is InChI=1S/C15H21NOS/c1-4-15(17)18(16(2)3)11-10-14(12-18)13-8-6-5-7-9-13/h5-12,15,17H,4H2,1-3H3. The first kappa shape index (κ1) is 13.4. The molecular weight excluding hydrogens is 242 g/mol. The van der Waals surface area contributed by atoms with Crippen molar-refractivity contribution >= 4 is 15.8 Å². The van der Waals surface area contributed by atoms with Gasteiger partial charge in [-0.2, -0.15) is 0 Å². The predicted molar refractivity (Wildman–Crippen MR) is 81.1 cm³/mol. The normalized spacial score (nSPS) is 27.9. The Labute approximate surface area is 111 Å². The Kier molecular flexibility index (Phi) is 3.95. The van der Waals surface area contributed by atoms with Crippen molar-refractivity contribution in [2.24, 2.45) is 0 Å². The molecule has 1 aromatic carbocycles. The van der Waals surface area contributed by atoms with Crippen LogP contribution in [0.5, 0.6) is 0 Å². The zero-order chi connectivity index (χ0) is 13.2. The first-order valence-electron chi connectivity index (χ1n) is 6.23. The fourth-order valence-corrected chi connectivity index (χ4v) is 5.04. The van der Waals surface area contributed by atoms with Crippen LogP contribution < -0.4 is 0 Å². The number of benzene rings is 1. The number of allylic oxidation sites excluding steroid dienone is 2. The summed E-state index contributed by atoms with van der Waals surface area (Å²) >= 11 is 0. The second kappa shape index (κ2) is 5.31. The van der Waals surface area contributed by atoms with Gasteiger partial charge in [-0.1, -0.05) is 37.3 Å². The molecule has 2 unspecified atom stereocenters. The van der Waals surface area contributed by atoms with E-state index in [1.807, 2.05) is 39.2 Å². The summed E-state index contributed by atoms with van der Waals surface area (Å²) < 4.78 is 2.16. The molecule has 0 aliphatic carbocycles. The van der Waals surface area contributed by atoms with Gasteiger partial charge in [0.1, 0.15) is 5.44 Å². The average Bonchev–Trinajstić information content (AvgIpc) is 2.85. The quantitative estimate of drug-likeness (QED) is 0.897. The highest BCUT2D eigenvalue weighted by atomic mass is 32.3. The van der Waals surface area contributed by atoms with E-state index in [4.69, 9.17) is 0 Å². The summed E-state index contributed by atoms with van der Waals surface area (Å²) in [5.74, 6) is 0. The highest BCUT2D eigenvalue weighted by Crippen LogP contribution is 2.61. The van der Waals surface area contributed by atoms with Gasteiger partial charge in [0.15, 0.2) is 0 Å². The Morgan fingerprint density at radius 1 is 1.22 bits per heavy atom. The van der Waals surface area contributed by atoms with Crippen LogP contribution in [-0.4, -0.2) is 28.9 Å². The lowest BCUT2D eigenvalue weighted by atomic mass is 10.1. The van der Waals surface area contributed by atoms with Crippen LogP contribution in [0, 0.1) is 0 Å². The number of hydrogen-bond donors (Lipinski definition) is 1. The molecule has 0 saturated carbocycles. The number of aliphatic hydroxyl groups excluding tert-OH is 1. The van der Waals surface area contributed by atoms with E-state index >= 15 is 0 Å². The fourth-order valence-electron chi connectivity index (χ4n) is 2.17. The lowest BCUT2D eigenvalue weighted by Crippen LogP contribution is -2.25. The van der Waals surface area contributed by atoms with Crippen molar-refractivity contribution in [1.82, 2.24) is 4.31 Å². The number of nitrogens with zero attached hydrogens (tertiary/aromatic N) is 1. The van der Waals surface area contributed by atoms with Crippen molar-refractivity contribution in [2.75, 3.05) is 14.1 Å². The largest absolute Gasteiger partial charge is 0.382 e. The van der Waals surface area contributed by atoms with E-state index in [0.29, 0.717) is 0 Å². The molecule has 1 aliphatic heterocycles. The summed E-state index contributed by atoms with van der Waals surface area (Å²) in [5, 5.41) is 14.8. The Bertz CT molecular complexity index is 467. The molecule has 1 aliphatic rings. The monoisotopic (exact) mass is 263 g/mol. The fraction of sp³-hybridized carbons (Fsp3) is 0.333. The molecule has 0 saturated heterocycles. The van der Waals surface area contributed by atoms with Gasteiger partial charge in [-0.25, -0.2) is 0 Å². The van der Waals surface area contributed by atoms with Gasteiger partial charge in [0.2, 0.25) is 0 Å². The molecule has 2 nitrogen and oxygen atoms in total. The molecule has 0 aromatic heterocycles. The minimum atomic E-state index is -1.36. The van der Waals surface area contributed by atoms with E-state index in [-0.39, 0.29) is 5.44 Å². The number of hydrogen-bond acceptors (Lipinski definition) is 2. The number of rotatable bonds is 4. The molecule has 0 fully saturated rings. The summed E-state index contributed by atoms with van der Waals surface area (Å²) in [6.07, 6.45) is 2.92. The van der Waals surface area contributed by atoms with Crippen molar-refractivity contribution < 1.29 is 5.11 Å². The van der Waals surface area contributed by atoms with Crippen molar-refractivity contribution in [1.29, 1.82) is 0 Å². The Morgan fingerprint density at radius 3 is 2.44 bits per heavy atom. The molecule has 18 heavy (non-hydrogen) atoms. The third-order valence-electron chi connectivity index (χ3n) is 3.31. The maximum Gasteiger partial charge on any atom is 0.102 e. The van der Waals surface area contributed by atoms with Crippen molar-refractivity contribution in [3.05, 3.63) is 52.8 Å². The van der Waals surface area contributed by atoms with Crippen LogP contribution in [0.15, 0.2) is 47.2 Å².